The SMILES string of the molecule is CCOC(=O)C(=O)C1COc2cccc(OC)c2C1=O. The molecule has 6 heteroatoms. The fraction of sp³-hybridized carbons (Fsp3) is 0.357. The zero-order chi connectivity index (χ0) is 14.7. The van der Waals surface area contributed by atoms with Crippen LogP contribution in [0.4, 0.5) is 0 Å². The van der Waals surface area contributed by atoms with Crippen LogP contribution in [0.25, 0.3) is 0 Å². The van der Waals surface area contributed by atoms with Gasteiger partial charge in [0, 0.05) is 0 Å². The summed E-state index contributed by atoms with van der Waals surface area (Å²) in [5.41, 5.74) is 0.184. The van der Waals surface area contributed by atoms with Gasteiger partial charge in [-0.1, -0.05) is 6.07 Å². The molecule has 1 aliphatic rings. The molecule has 1 atom stereocenters. The summed E-state index contributed by atoms with van der Waals surface area (Å²) in [4.78, 5) is 35.7. The molecule has 0 aliphatic carbocycles. The van der Waals surface area contributed by atoms with E-state index >= 15 is 0 Å². The van der Waals surface area contributed by atoms with E-state index < -0.39 is 23.5 Å². The van der Waals surface area contributed by atoms with Gasteiger partial charge in [-0.3, -0.25) is 9.59 Å². The van der Waals surface area contributed by atoms with Gasteiger partial charge >= 0.3 is 5.97 Å². The molecular weight excluding hydrogens is 264 g/mol. The molecule has 0 fully saturated rings. The number of hydrogen-bond donors (Lipinski definition) is 0. The summed E-state index contributed by atoms with van der Waals surface area (Å²) in [6.45, 7) is 1.49. The number of esters is 1. The number of rotatable bonds is 4. The van der Waals surface area contributed by atoms with Crippen molar-refractivity contribution < 1.29 is 28.6 Å². The Morgan fingerprint density at radius 1 is 1.40 bits per heavy atom. The highest BCUT2D eigenvalue weighted by atomic mass is 16.5. The van der Waals surface area contributed by atoms with Crippen LogP contribution in [-0.2, 0) is 14.3 Å². The predicted molar refractivity (Wildman–Crippen MR) is 67.9 cm³/mol. The molecule has 0 amide bonds. The van der Waals surface area contributed by atoms with Gasteiger partial charge in [0.15, 0.2) is 5.78 Å². The lowest BCUT2D eigenvalue weighted by Gasteiger charge is -2.23. The monoisotopic (exact) mass is 278 g/mol. The zero-order valence-electron chi connectivity index (χ0n) is 11.2. The standard InChI is InChI=1S/C14H14O6/c1-3-19-14(17)13(16)8-7-20-10-6-4-5-9(18-2)11(10)12(8)15/h4-6,8H,3,7H2,1-2H3. The molecule has 0 N–H and O–H groups in total. The van der Waals surface area contributed by atoms with Crippen LogP contribution in [0.15, 0.2) is 18.2 Å². The van der Waals surface area contributed by atoms with Crippen molar-refractivity contribution in [2.45, 2.75) is 6.92 Å². The molecular formula is C14H14O6. The van der Waals surface area contributed by atoms with Crippen LogP contribution >= 0.6 is 0 Å². The Labute approximate surface area is 115 Å². The van der Waals surface area contributed by atoms with Gasteiger partial charge in [0.25, 0.3) is 5.78 Å². The van der Waals surface area contributed by atoms with Gasteiger partial charge in [0.1, 0.15) is 29.6 Å². The van der Waals surface area contributed by atoms with Crippen LogP contribution in [0.2, 0.25) is 0 Å². The average Bonchev–Trinajstić information content (AvgIpc) is 2.46. The van der Waals surface area contributed by atoms with E-state index in [0.717, 1.165) is 0 Å². The highest BCUT2D eigenvalue weighted by Gasteiger charge is 2.39. The molecule has 2 rings (SSSR count). The van der Waals surface area contributed by atoms with E-state index in [4.69, 9.17) is 9.47 Å². The highest BCUT2D eigenvalue weighted by Crippen LogP contribution is 2.34. The normalized spacial score (nSPS) is 16.9. The van der Waals surface area contributed by atoms with E-state index in [2.05, 4.69) is 4.74 Å². The number of carbonyl (C=O) groups excluding carboxylic acids is 3. The van der Waals surface area contributed by atoms with Gasteiger partial charge in [0.05, 0.1) is 13.7 Å². The number of hydrogen-bond acceptors (Lipinski definition) is 6. The minimum absolute atomic E-state index is 0.0756. The maximum Gasteiger partial charge on any atom is 0.375 e. The number of benzene rings is 1. The molecule has 0 saturated carbocycles. The first-order chi connectivity index (χ1) is 9.60. The molecule has 0 saturated heterocycles. The Kier molecular flexibility index (Phi) is 4.02. The Morgan fingerprint density at radius 2 is 2.15 bits per heavy atom. The summed E-state index contributed by atoms with van der Waals surface area (Å²) in [6, 6.07) is 4.89. The largest absolute Gasteiger partial charge is 0.496 e. The van der Waals surface area contributed by atoms with Crippen LogP contribution in [-0.4, -0.2) is 37.9 Å². The van der Waals surface area contributed by atoms with Crippen LogP contribution < -0.4 is 9.47 Å². The summed E-state index contributed by atoms with van der Waals surface area (Å²) in [5, 5.41) is 0. The van der Waals surface area contributed by atoms with Gasteiger partial charge < -0.3 is 14.2 Å². The summed E-state index contributed by atoms with van der Waals surface area (Å²) < 4.78 is 15.1. The minimum Gasteiger partial charge on any atom is -0.496 e. The van der Waals surface area contributed by atoms with Gasteiger partial charge in [-0.25, -0.2) is 4.79 Å². The molecule has 0 aromatic heterocycles. The van der Waals surface area contributed by atoms with Crippen LogP contribution in [0.3, 0.4) is 0 Å². The summed E-state index contributed by atoms with van der Waals surface area (Å²) in [6.07, 6.45) is 0. The third kappa shape index (κ3) is 2.36. The van der Waals surface area contributed by atoms with E-state index in [-0.39, 0.29) is 18.8 Å². The first kappa shape index (κ1) is 14.0. The quantitative estimate of drug-likeness (QED) is 0.465. The number of fused-ring (bicyclic) bond motifs is 1. The molecule has 1 heterocycles. The van der Waals surface area contributed by atoms with Crippen LogP contribution in [0, 0.1) is 5.92 Å². The van der Waals surface area contributed by atoms with Crippen LogP contribution in [0.1, 0.15) is 17.3 Å². The lowest BCUT2D eigenvalue weighted by molar-refractivity contribution is -0.155. The first-order valence-electron chi connectivity index (χ1n) is 6.15. The molecule has 0 spiro atoms. The average molecular weight is 278 g/mol. The lowest BCUT2D eigenvalue weighted by Crippen LogP contribution is -2.38. The van der Waals surface area contributed by atoms with Crippen LogP contribution in [0.5, 0.6) is 11.5 Å². The van der Waals surface area contributed by atoms with E-state index in [9.17, 15) is 14.4 Å². The van der Waals surface area contributed by atoms with Gasteiger partial charge in [0.2, 0.25) is 0 Å². The molecule has 1 unspecified atom stereocenters. The molecule has 106 valence electrons. The van der Waals surface area contributed by atoms with Gasteiger partial charge in [-0.15, -0.1) is 0 Å². The third-order valence-electron chi connectivity index (χ3n) is 2.97. The fourth-order valence-corrected chi connectivity index (χ4v) is 2.01. The van der Waals surface area contributed by atoms with Gasteiger partial charge in [-0.05, 0) is 19.1 Å². The zero-order valence-corrected chi connectivity index (χ0v) is 11.2. The second-order valence-corrected chi connectivity index (χ2v) is 4.15. The number of Topliss-reactive ketones (excluding diaryl/α,β-unsaturated/α-hetero) is 2. The summed E-state index contributed by atoms with van der Waals surface area (Å²) >= 11 is 0. The molecule has 20 heavy (non-hydrogen) atoms. The van der Waals surface area contributed by atoms with Crippen molar-refractivity contribution in [2.24, 2.45) is 5.92 Å². The van der Waals surface area contributed by atoms with Crippen molar-refractivity contribution in [3.8, 4) is 11.5 Å². The molecule has 1 aromatic carbocycles. The van der Waals surface area contributed by atoms with E-state index in [1.54, 1.807) is 25.1 Å². The predicted octanol–water partition coefficient (Wildman–Crippen LogP) is 1.02. The minimum atomic E-state index is -1.18. The summed E-state index contributed by atoms with van der Waals surface area (Å²) in [5.74, 6) is -2.92. The second-order valence-electron chi connectivity index (χ2n) is 4.15. The maximum absolute atomic E-state index is 12.4. The Balaban J connectivity index is 2.32. The molecule has 0 radical (unpaired) electrons. The maximum atomic E-state index is 12.4. The van der Waals surface area contributed by atoms with E-state index in [1.165, 1.54) is 7.11 Å². The van der Waals surface area contributed by atoms with Gasteiger partial charge in [-0.2, -0.15) is 0 Å². The smallest absolute Gasteiger partial charge is 0.375 e. The molecule has 6 nitrogen and oxygen atoms in total. The topological polar surface area (TPSA) is 78.9 Å². The lowest BCUT2D eigenvalue weighted by atomic mass is 9.91. The Morgan fingerprint density at radius 3 is 2.80 bits per heavy atom. The van der Waals surface area contributed by atoms with Crippen molar-refractivity contribution in [3.05, 3.63) is 23.8 Å². The second kappa shape index (κ2) is 5.73. The van der Waals surface area contributed by atoms with E-state index in [1.807, 2.05) is 0 Å². The molecule has 1 aromatic rings. The number of ether oxygens (including phenoxy) is 3. The van der Waals surface area contributed by atoms with Crippen molar-refractivity contribution >= 4 is 17.5 Å². The Bertz CT molecular complexity index is 549. The first-order valence-corrected chi connectivity index (χ1v) is 6.15. The summed E-state index contributed by atoms with van der Waals surface area (Å²) in [7, 11) is 1.42. The Hall–Kier alpha value is -2.37. The number of carbonyl (C=O) groups is 3. The number of ketones is 2. The van der Waals surface area contributed by atoms with Crippen molar-refractivity contribution in [1.29, 1.82) is 0 Å². The van der Waals surface area contributed by atoms with E-state index in [0.29, 0.717) is 11.5 Å². The fourth-order valence-electron chi connectivity index (χ4n) is 2.01. The highest BCUT2D eigenvalue weighted by molar-refractivity contribution is 6.40. The molecule has 0 bridgehead atoms. The van der Waals surface area contributed by atoms with Crippen molar-refractivity contribution in [1.82, 2.24) is 0 Å². The van der Waals surface area contributed by atoms with Crippen molar-refractivity contribution in [2.75, 3.05) is 20.3 Å². The number of methoxy groups -OCH3 is 1. The van der Waals surface area contributed by atoms with Crippen molar-refractivity contribution in [3.63, 3.8) is 0 Å². The third-order valence-corrected chi connectivity index (χ3v) is 2.97. The molecule has 1 aliphatic heterocycles.